The Labute approximate surface area is 131 Å². The van der Waals surface area contributed by atoms with Crippen LogP contribution in [-0.2, 0) is 5.41 Å². The summed E-state index contributed by atoms with van der Waals surface area (Å²) in [6.07, 6.45) is 6.27. The van der Waals surface area contributed by atoms with Crippen molar-refractivity contribution in [2.75, 3.05) is 7.11 Å². The van der Waals surface area contributed by atoms with Crippen LogP contribution in [0.2, 0.25) is 5.02 Å². The standard InChI is InChI=1S/C19H21ClO/c1-21-18-10-8-15(9-11-18)19(12-3-2-4-13-19)16-6-5-7-17(20)14-16/h5-11,14H,2-4,12-13H2,1H3. The van der Waals surface area contributed by atoms with E-state index in [1.165, 1.54) is 43.2 Å². The summed E-state index contributed by atoms with van der Waals surface area (Å²) in [5.74, 6) is 0.913. The molecule has 110 valence electrons. The van der Waals surface area contributed by atoms with Crippen molar-refractivity contribution >= 4 is 11.6 Å². The average molecular weight is 301 g/mol. The number of hydrogen-bond acceptors (Lipinski definition) is 1. The maximum absolute atomic E-state index is 6.24. The van der Waals surface area contributed by atoms with E-state index in [9.17, 15) is 0 Å². The van der Waals surface area contributed by atoms with Gasteiger partial charge in [0, 0.05) is 10.4 Å². The quantitative estimate of drug-likeness (QED) is 0.717. The van der Waals surface area contributed by atoms with E-state index in [4.69, 9.17) is 16.3 Å². The van der Waals surface area contributed by atoms with Crippen LogP contribution in [-0.4, -0.2) is 7.11 Å². The predicted octanol–water partition coefficient (Wildman–Crippen LogP) is 5.60. The predicted molar refractivity (Wildman–Crippen MR) is 88.3 cm³/mol. The molecule has 2 aromatic rings. The van der Waals surface area contributed by atoms with Gasteiger partial charge in [0.15, 0.2) is 0 Å². The van der Waals surface area contributed by atoms with Crippen molar-refractivity contribution in [3.8, 4) is 5.75 Å². The van der Waals surface area contributed by atoms with Crippen LogP contribution < -0.4 is 4.74 Å². The zero-order chi connectivity index (χ0) is 14.7. The third kappa shape index (κ3) is 2.80. The summed E-state index contributed by atoms with van der Waals surface area (Å²) in [5, 5.41) is 0.825. The fraction of sp³-hybridized carbons (Fsp3) is 0.368. The van der Waals surface area contributed by atoms with Crippen LogP contribution >= 0.6 is 11.6 Å². The maximum atomic E-state index is 6.24. The Morgan fingerprint density at radius 1 is 0.905 bits per heavy atom. The van der Waals surface area contributed by atoms with Crippen molar-refractivity contribution < 1.29 is 4.74 Å². The Morgan fingerprint density at radius 3 is 2.24 bits per heavy atom. The smallest absolute Gasteiger partial charge is 0.118 e. The Bertz CT molecular complexity index is 597. The summed E-state index contributed by atoms with van der Waals surface area (Å²) < 4.78 is 5.29. The van der Waals surface area contributed by atoms with E-state index in [-0.39, 0.29) is 5.41 Å². The summed E-state index contributed by atoms with van der Waals surface area (Å²) in [6.45, 7) is 0. The highest BCUT2D eigenvalue weighted by Gasteiger charge is 2.35. The molecule has 0 N–H and O–H groups in total. The van der Waals surface area contributed by atoms with Gasteiger partial charge in [0.2, 0.25) is 0 Å². The summed E-state index contributed by atoms with van der Waals surface area (Å²) in [4.78, 5) is 0. The summed E-state index contributed by atoms with van der Waals surface area (Å²) in [5.41, 5.74) is 2.83. The molecular formula is C19H21ClO. The lowest BCUT2D eigenvalue weighted by Crippen LogP contribution is -2.30. The van der Waals surface area contributed by atoms with Crippen molar-refractivity contribution in [3.63, 3.8) is 0 Å². The first kappa shape index (κ1) is 14.5. The summed E-state index contributed by atoms with van der Waals surface area (Å²) in [7, 11) is 1.71. The Balaban J connectivity index is 2.07. The van der Waals surface area contributed by atoms with Gasteiger partial charge in [-0.05, 0) is 48.2 Å². The van der Waals surface area contributed by atoms with E-state index in [2.05, 4.69) is 42.5 Å². The van der Waals surface area contributed by atoms with E-state index >= 15 is 0 Å². The molecule has 21 heavy (non-hydrogen) atoms. The molecule has 0 bridgehead atoms. The van der Waals surface area contributed by atoms with Crippen molar-refractivity contribution in [2.45, 2.75) is 37.5 Å². The van der Waals surface area contributed by atoms with Crippen molar-refractivity contribution in [3.05, 3.63) is 64.7 Å². The van der Waals surface area contributed by atoms with Crippen molar-refractivity contribution in [2.24, 2.45) is 0 Å². The lowest BCUT2D eigenvalue weighted by Gasteiger charge is -2.38. The molecular weight excluding hydrogens is 280 g/mol. The van der Waals surface area contributed by atoms with Crippen LogP contribution in [0.3, 0.4) is 0 Å². The second-order valence-electron chi connectivity index (χ2n) is 5.88. The van der Waals surface area contributed by atoms with Crippen LogP contribution in [0.1, 0.15) is 43.2 Å². The van der Waals surface area contributed by atoms with Crippen molar-refractivity contribution in [1.29, 1.82) is 0 Å². The van der Waals surface area contributed by atoms with Gasteiger partial charge in [-0.15, -0.1) is 0 Å². The third-order valence-electron chi connectivity index (χ3n) is 4.73. The summed E-state index contributed by atoms with van der Waals surface area (Å²) >= 11 is 6.24. The fourth-order valence-corrected chi connectivity index (χ4v) is 3.79. The topological polar surface area (TPSA) is 9.23 Å². The molecule has 0 unspecified atom stereocenters. The minimum absolute atomic E-state index is 0.107. The molecule has 1 fully saturated rings. The fourth-order valence-electron chi connectivity index (χ4n) is 3.60. The largest absolute Gasteiger partial charge is 0.497 e. The summed E-state index contributed by atoms with van der Waals surface area (Å²) in [6, 6.07) is 16.9. The van der Waals surface area contributed by atoms with Gasteiger partial charge in [0.1, 0.15) is 5.75 Å². The van der Waals surface area contributed by atoms with Gasteiger partial charge in [-0.25, -0.2) is 0 Å². The molecule has 0 amide bonds. The van der Waals surface area contributed by atoms with Gasteiger partial charge in [0.05, 0.1) is 7.11 Å². The molecule has 0 radical (unpaired) electrons. The van der Waals surface area contributed by atoms with Gasteiger partial charge in [-0.1, -0.05) is 55.1 Å². The van der Waals surface area contributed by atoms with Gasteiger partial charge in [-0.3, -0.25) is 0 Å². The highest BCUT2D eigenvalue weighted by Crippen LogP contribution is 2.45. The van der Waals surface area contributed by atoms with Crippen LogP contribution in [0, 0.1) is 0 Å². The number of ether oxygens (including phenoxy) is 1. The third-order valence-corrected chi connectivity index (χ3v) is 4.96. The zero-order valence-electron chi connectivity index (χ0n) is 12.4. The number of rotatable bonds is 3. The molecule has 3 rings (SSSR count). The Kier molecular flexibility index (Phi) is 4.21. The lowest BCUT2D eigenvalue weighted by atomic mass is 9.65. The molecule has 1 saturated carbocycles. The molecule has 0 aliphatic heterocycles. The van der Waals surface area contributed by atoms with Gasteiger partial charge in [0.25, 0.3) is 0 Å². The number of halogens is 1. The first-order valence-corrected chi connectivity index (χ1v) is 8.03. The highest BCUT2D eigenvalue weighted by molar-refractivity contribution is 6.30. The van der Waals surface area contributed by atoms with Crippen LogP contribution in [0.15, 0.2) is 48.5 Å². The van der Waals surface area contributed by atoms with Gasteiger partial charge >= 0.3 is 0 Å². The monoisotopic (exact) mass is 300 g/mol. The van der Waals surface area contributed by atoms with Gasteiger partial charge < -0.3 is 4.74 Å². The van der Waals surface area contributed by atoms with E-state index in [0.29, 0.717) is 0 Å². The Hall–Kier alpha value is -1.47. The number of hydrogen-bond donors (Lipinski definition) is 0. The molecule has 2 aromatic carbocycles. The van der Waals surface area contributed by atoms with E-state index in [1.54, 1.807) is 7.11 Å². The van der Waals surface area contributed by atoms with E-state index in [1.807, 2.05) is 6.07 Å². The average Bonchev–Trinajstić information content (AvgIpc) is 2.55. The van der Waals surface area contributed by atoms with Crippen LogP contribution in [0.4, 0.5) is 0 Å². The highest BCUT2D eigenvalue weighted by atomic mass is 35.5. The molecule has 2 heteroatoms. The molecule has 0 saturated heterocycles. The molecule has 0 aromatic heterocycles. The van der Waals surface area contributed by atoms with E-state index in [0.717, 1.165) is 10.8 Å². The van der Waals surface area contributed by atoms with Crippen LogP contribution in [0.25, 0.3) is 0 Å². The normalized spacial score (nSPS) is 17.4. The molecule has 0 spiro atoms. The second-order valence-corrected chi connectivity index (χ2v) is 6.32. The SMILES string of the molecule is COc1ccc(C2(c3cccc(Cl)c3)CCCCC2)cc1. The first-order chi connectivity index (χ1) is 10.2. The molecule has 1 nitrogen and oxygen atoms in total. The first-order valence-electron chi connectivity index (χ1n) is 7.65. The molecule has 1 aliphatic carbocycles. The van der Waals surface area contributed by atoms with E-state index < -0.39 is 0 Å². The van der Waals surface area contributed by atoms with Gasteiger partial charge in [-0.2, -0.15) is 0 Å². The minimum Gasteiger partial charge on any atom is -0.497 e. The maximum Gasteiger partial charge on any atom is 0.118 e. The molecule has 1 aliphatic rings. The van der Waals surface area contributed by atoms with Crippen molar-refractivity contribution in [1.82, 2.24) is 0 Å². The van der Waals surface area contributed by atoms with Crippen LogP contribution in [0.5, 0.6) is 5.75 Å². The number of benzene rings is 2. The zero-order valence-corrected chi connectivity index (χ0v) is 13.2. The lowest BCUT2D eigenvalue weighted by molar-refractivity contribution is 0.345. The molecule has 0 heterocycles. The minimum atomic E-state index is 0.107. The second kappa shape index (κ2) is 6.11. The molecule has 0 atom stereocenters. The number of methoxy groups -OCH3 is 1. The Morgan fingerprint density at radius 2 is 1.62 bits per heavy atom.